The van der Waals surface area contributed by atoms with Gasteiger partial charge < -0.3 is 15.2 Å². The summed E-state index contributed by atoms with van der Waals surface area (Å²) in [4.78, 5) is 15.5. The smallest absolute Gasteiger partial charge is 0.338 e. The summed E-state index contributed by atoms with van der Waals surface area (Å²) in [6.07, 6.45) is 1.26. The summed E-state index contributed by atoms with van der Waals surface area (Å²) in [7, 11) is 1.79. The van der Waals surface area contributed by atoms with E-state index in [0.717, 1.165) is 11.8 Å². The minimum atomic E-state index is -4.43. The molecule has 2 N–H and O–H groups in total. The number of nitrogens with zero attached hydrogens (tertiary/aromatic N) is 4. The molecule has 0 bridgehead atoms. The maximum absolute atomic E-state index is 12.7. The molecule has 0 unspecified atom stereocenters. The van der Waals surface area contributed by atoms with Gasteiger partial charge in [-0.1, -0.05) is 0 Å². The van der Waals surface area contributed by atoms with Crippen LogP contribution in [0.2, 0.25) is 0 Å². The van der Waals surface area contributed by atoms with Gasteiger partial charge in [-0.25, -0.2) is 9.78 Å². The average molecular weight is 356 g/mol. The number of rotatable bonds is 4. The predicted molar refractivity (Wildman–Crippen MR) is 82.5 cm³/mol. The Labute approximate surface area is 142 Å². The van der Waals surface area contributed by atoms with Crippen LogP contribution >= 0.6 is 0 Å². The van der Waals surface area contributed by atoms with Crippen molar-refractivity contribution in [3.05, 3.63) is 35.7 Å². The molecule has 2 aromatic rings. The molecular formula is C15H19F3N6O. The van der Waals surface area contributed by atoms with Gasteiger partial charge >= 0.3 is 12.2 Å². The maximum atomic E-state index is 12.7. The van der Waals surface area contributed by atoms with E-state index in [1.54, 1.807) is 24.1 Å². The van der Waals surface area contributed by atoms with Crippen molar-refractivity contribution < 1.29 is 18.0 Å². The second kappa shape index (κ2) is 6.77. The number of carbonyl (C=O) groups is 1. The van der Waals surface area contributed by atoms with Gasteiger partial charge in [-0.05, 0) is 12.3 Å². The number of carbonyl (C=O) groups excluding carboxylic acids is 1. The number of hydrogen-bond donors (Lipinski definition) is 2. The summed E-state index contributed by atoms with van der Waals surface area (Å²) >= 11 is 0. The van der Waals surface area contributed by atoms with Crippen molar-refractivity contribution in [3.63, 3.8) is 0 Å². The lowest BCUT2D eigenvalue weighted by Gasteiger charge is -2.23. The molecule has 25 heavy (non-hydrogen) atoms. The van der Waals surface area contributed by atoms with Crippen molar-refractivity contribution >= 4 is 6.03 Å². The van der Waals surface area contributed by atoms with Gasteiger partial charge in [0.25, 0.3) is 0 Å². The van der Waals surface area contributed by atoms with Gasteiger partial charge in [-0.2, -0.15) is 18.3 Å². The standard InChI is InChI=1S/C15H19F3N6O/c1-23-7-11(6-21-23)5-20-14(25)19-4-10-2-3-13-22-12(15(16,17)18)9-24(13)8-10/h6-7,9-10H,2-5,8H2,1H3,(H2,19,20,25)/t10-/m0/s1. The Morgan fingerprint density at radius 1 is 1.36 bits per heavy atom. The van der Waals surface area contributed by atoms with Crippen molar-refractivity contribution in [2.24, 2.45) is 13.0 Å². The molecule has 1 aliphatic heterocycles. The number of imidazole rings is 1. The zero-order chi connectivity index (χ0) is 18.0. The molecule has 0 radical (unpaired) electrons. The van der Waals surface area contributed by atoms with E-state index in [9.17, 15) is 18.0 Å². The molecule has 10 heteroatoms. The second-order valence-electron chi connectivity index (χ2n) is 6.18. The van der Waals surface area contributed by atoms with Crippen LogP contribution in [-0.2, 0) is 32.7 Å². The molecule has 1 atom stereocenters. The SMILES string of the molecule is Cn1cc(CNC(=O)NC[C@@H]2CCc3nc(C(F)(F)F)cn3C2)cn1. The van der Waals surface area contributed by atoms with Crippen molar-refractivity contribution in [2.45, 2.75) is 32.1 Å². The molecule has 2 aromatic heterocycles. The number of hydrogen-bond acceptors (Lipinski definition) is 3. The van der Waals surface area contributed by atoms with Crippen molar-refractivity contribution in [3.8, 4) is 0 Å². The average Bonchev–Trinajstić information content (AvgIpc) is 3.16. The van der Waals surface area contributed by atoms with Gasteiger partial charge in [-0.3, -0.25) is 4.68 Å². The molecule has 0 fully saturated rings. The highest BCUT2D eigenvalue weighted by molar-refractivity contribution is 5.73. The molecule has 136 valence electrons. The van der Waals surface area contributed by atoms with Crippen LogP contribution in [0.5, 0.6) is 0 Å². The number of aromatic nitrogens is 4. The van der Waals surface area contributed by atoms with E-state index >= 15 is 0 Å². The Kier molecular flexibility index (Phi) is 4.69. The van der Waals surface area contributed by atoms with Crippen LogP contribution < -0.4 is 10.6 Å². The van der Waals surface area contributed by atoms with Gasteiger partial charge in [0.2, 0.25) is 0 Å². The predicted octanol–water partition coefficient (Wildman–Crippen LogP) is 1.70. The molecule has 0 spiro atoms. The van der Waals surface area contributed by atoms with Crippen molar-refractivity contribution in [2.75, 3.05) is 6.54 Å². The molecule has 1 aliphatic rings. The third kappa shape index (κ3) is 4.31. The lowest BCUT2D eigenvalue weighted by Crippen LogP contribution is -2.39. The van der Waals surface area contributed by atoms with Crippen LogP contribution in [-0.4, -0.2) is 31.9 Å². The number of aryl methyl sites for hydroxylation is 2. The number of nitrogens with one attached hydrogen (secondary N) is 2. The Morgan fingerprint density at radius 2 is 2.16 bits per heavy atom. The van der Waals surface area contributed by atoms with Crippen LogP contribution in [0.25, 0.3) is 0 Å². The molecule has 0 saturated heterocycles. The summed E-state index contributed by atoms with van der Waals surface area (Å²) in [5.74, 6) is 0.525. The number of halogens is 3. The lowest BCUT2D eigenvalue weighted by atomic mass is 9.99. The maximum Gasteiger partial charge on any atom is 0.434 e. The topological polar surface area (TPSA) is 76.8 Å². The summed E-state index contributed by atoms with van der Waals surface area (Å²) in [5, 5.41) is 9.50. The molecular weight excluding hydrogens is 337 g/mol. The number of alkyl halides is 3. The van der Waals surface area contributed by atoms with Gasteiger partial charge in [0, 0.05) is 51.1 Å². The molecule has 3 rings (SSSR count). The zero-order valence-corrected chi connectivity index (χ0v) is 13.7. The van der Waals surface area contributed by atoms with Gasteiger partial charge in [0.15, 0.2) is 5.69 Å². The molecule has 0 aromatic carbocycles. The quantitative estimate of drug-likeness (QED) is 0.875. The van der Waals surface area contributed by atoms with E-state index in [-0.39, 0.29) is 11.9 Å². The Hall–Kier alpha value is -2.52. The summed E-state index contributed by atoms with van der Waals surface area (Å²) < 4.78 is 41.3. The van der Waals surface area contributed by atoms with Gasteiger partial charge in [0.1, 0.15) is 5.82 Å². The minimum Gasteiger partial charge on any atom is -0.338 e. The van der Waals surface area contributed by atoms with E-state index in [1.807, 2.05) is 0 Å². The fourth-order valence-corrected chi connectivity index (χ4v) is 2.86. The van der Waals surface area contributed by atoms with E-state index in [4.69, 9.17) is 0 Å². The highest BCUT2D eigenvalue weighted by Crippen LogP contribution is 2.30. The Balaban J connectivity index is 1.46. The van der Waals surface area contributed by atoms with E-state index in [1.165, 1.54) is 4.57 Å². The first kappa shape index (κ1) is 17.3. The van der Waals surface area contributed by atoms with E-state index in [0.29, 0.717) is 38.3 Å². The molecule has 7 nitrogen and oxygen atoms in total. The normalized spacial score (nSPS) is 17.2. The van der Waals surface area contributed by atoms with Crippen LogP contribution in [0.3, 0.4) is 0 Å². The third-order valence-corrected chi connectivity index (χ3v) is 4.14. The van der Waals surface area contributed by atoms with Crippen LogP contribution in [0.15, 0.2) is 18.6 Å². The van der Waals surface area contributed by atoms with Gasteiger partial charge in [-0.15, -0.1) is 0 Å². The first-order valence-corrected chi connectivity index (χ1v) is 7.93. The zero-order valence-electron chi connectivity index (χ0n) is 13.7. The van der Waals surface area contributed by atoms with Crippen LogP contribution in [0, 0.1) is 5.92 Å². The highest BCUT2D eigenvalue weighted by atomic mass is 19.4. The minimum absolute atomic E-state index is 0.0759. The molecule has 2 amide bonds. The number of fused-ring (bicyclic) bond motifs is 1. The second-order valence-corrected chi connectivity index (χ2v) is 6.18. The van der Waals surface area contributed by atoms with Crippen molar-refractivity contribution in [1.29, 1.82) is 0 Å². The number of urea groups is 1. The summed E-state index contributed by atoms with van der Waals surface area (Å²) in [6.45, 7) is 1.18. The Bertz CT molecular complexity index is 751. The monoisotopic (exact) mass is 356 g/mol. The van der Waals surface area contributed by atoms with Crippen LogP contribution in [0.4, 0.5) is 18.0 Å². The molecule has 0 aliphatic carbocycles. The Morgan fingerprint density at radius 3 is 2.84 bits per heavy atom. The summed E-state index contributed by atoms with van der Waals surface area (Å²) in [6, 6.07) is -0.309. The molecule has 3 heterocycles. The third-order valence-electron chi connectivity index (χ3n) is 4.14. The fourth-order valence-electron chi connectivity index (χ4n) is 2.86. The lowest BCUT2D eigenvalue weighted by molar-refractivity contribution is -0.141. The van der Waals surface area contributed by atoms with E-state index in [2.05, 4.69) is 20.7 Å². The largest absolute Gasteiger partial charge is 0.434 e. The van der Waals surface area contributed by atoms with E-state index < -0.39 is 11.9 Å². The number of amides is 2. The first-order valence-electron chi connectivity index (χ1n) is 7.93. The van der Waals surface area contributed by atoms with Crippen molar-refractivity contribution in [1.82, 2.24) is 30.0 Å². The fraction of sp³-hybridized carbons (Fsp3) is 0.533. The van der Waals surface area contributed by atoms with Crippen LogP contribution in [0.1, 0.15) is 23.5 Å². The van der Waals surface area contributed by atoms with Gasteiger partial charge in [0.05, 0.1) is 6.20 Å². The molecule has 0 saturated carbocycles. The first-order chi connectivity index (χ1) is 11.8. The highest BCUT2D eigenvalue weighted by Gasteiger charge is 2.35. The summed E-state index contributed by atoms with van der Waals surface area (Å²) in [5.41, 5.74) is 0.0309.